The average molecular weight is 253 g/mol. The highest BCUT2D eigenvalue weighted by Crippen LogP contribution is 2.23. The van der Waals surface area contributed by atoms with Crippen LogP contribution in [0.25, 0.3) is 0 Å². The van der Waals surface area contributed by atoms with E-state index < -0.39 is 0 Å². The number of nitrogen functional groups attached to an aromatic ring is 1. The number of nitrogens with zero attached hydrogens (tertiary/aromatic N) is 1. The van der Waals surface area contributed by atoms with Gasteiger partial charge in [0.25, 0.3) is 5.91 Å². The van der Waals surface area contributed by atoms with Crippen molar-refractivity contribution in [1.82, 2.24) is 9.73 Å². The van der Waals surface area contributed by atoms with Crippen molar-refractivity contribution in [2.45, 2.75) is 4.90 Å². The summed E-state index contributed by atoms with van der Waals surface area (Å²) in [7, 11) is 0. The molecule has 1 aromatic carbocycles. The number of nitrogens with two attached hydrogens (primary N) is 1. The van der Waals surface area contributed by atoms with Crippen molar-refractivity contribution < 1.29 is 9.53 Å². The quantitative estimate of drug-likeness (QED) is 0.358. The van der Waals surface area contributed by atoms with Gasteiger partial charge in [-0.3, -0.25) is 10.2 Å². The number of ether oxygens (including phenoxy) is 1. The topological polar surface area (TPSA) is 67.6 Å². The molecule has 1 saturated heterocycles. The molecular weight excluding hydrogens is 238 g/mol. The molecule has 0 atom stereocenters. The SMILES string of the molecule is NNC(=O)c1ccc(SN2CCOCC2)cc1. The van der Waals surface area contributed by atoms with Crippen LogP contribution in [0.3, 0.4) is 0 Å². The van der Waals surface area contributed by atoms with E-state index in [0.29, 0.717) is 5.56 Å². The van der Waals surface area contributed by atoms with Crippen molar-refractivity contribution in [3.8, 4) is 0 Å². The van der Waals surface area contributed by atoms with Crippen LogP contribution in [0, 0.1) is 0 Å². The summed E-state index contributed by atoms with van der Waals surface area (Å²) < 4.78 is 7.53. The summed E-state index contributed by atoms with van der Waals surface area (Å²) in [4.78, 5) is 12.4. The smallest absolute Gasteiger partial charge is 0.265 e. The second kappa shape index (κ2) is 6.02. The van der Waals surface area contributed by atoms with E-state index in [1.807, 2.05) is 12.1 Å². The molecule has 1 heterocycles. The minimum atomic E-state index is -0.270. The zero-order valence-corrected chi connectivity index (χ0v) is 10.2. The molecule has 17 heavy (non-hydrogen) atoms. The highest BCUT2D eigenvalue weighted by Gasteiger charge is 2.11. The molecule has 1 amide bonds. The molecule has 0 aliphatic carbocycles. The van der Waals surface area contributed by atoms with Crippen LogP contribution in [0.4, 0.5) is 0 Å². The zero-order valence-electron chi connectivity index (χ0n) is 9.39. The summed E-state index contributed by atoms with van der Waals surface area (Å²) in [5.41, 5.74) is 2.68. The van der Waals surface area contributed by atoms with Gasteiger partial charge in [-0.2, -0.15) is 0 Å². The van der Waals surface area contributed by atoms with Gasteiger partial charge >= 0.3 is 0 Å². The summed E-state index contributed by atoms with van der Waals surface area (Å²) in [5, 5.41) is 0. The van der Waals surface area contributed by atoms with Crippen LogP contribution in [0.2, 0.25) is 0 Å². The number of hydrazine groups is 1. The number of benzene rings is 1. The lowest BCUT2D eigenvalue weighted by molar-refractivity contribution is 0.0773. The molecule has 1 aromatic rings. The van der Waals surface area contributed by atoms with Gasteiger partial charge in [0.05, 0.1) is 13.2 Å². The van der Waals surface area contributed by atoms with Gasteiger partial charge < -0.3 is 4.74 Å². The second-order valence-electron chi connectivity index (χ2n) is 3.63. The molecule has 1 aliphatic rings. The van der Waals surface area contributed by atoms with Gasteiger partial charge in [-0.25, -0.2) is 10.1 Å². The van der Waals surface area contributed by atoms with Crippen molar-refractivity contribution in [2.75, 3.05) is 26.3 Å². The molecule has 0 aromatic heterocycles. The maximum Gasteiger partial charge on any atom is 0.265 e. The van der Waals surface area contributed by atoms with E-state index in [2.05, 4.69) is 9.73 Å². The first-order chi connectivity index (χ1) is 8.29. The predicted molar refractivity (Wildman–Crippen MR) is 66.3 cm³/mol. The molecule has 0 radical (unpaired) electrons. The first-order valence-corrected chi connectivity index (χ1v) is 6.18. The molecule has 5 nitrogen and oxygen atoms in total. The molecule has 3 N–H and O–H groups in total. The fourth-order valence-corrected chi connectivity index (χ4v) is 2.43. The first-order valence-electron chi connectivity index (χ1n) is 5.41. The number of morpholine rings is 1. The Hall–Kier alpha value is -1.08. The Kier molecular flexibility index (Phi) is 4.38. The van der Waals surface area contributed by atoms with E-state index in [-0.39, 0.29) is 5.91 Å². The number of carbonyl (C=O) groups is 1. The Bertz CT molecular complexity index is 377. The molecule has 1 aliphatic heterocycles. The van der Waals surface area contributed by atoms with E-state index >= 15 is 0 Å². The normalized spacial score (nSPS) is 16.8. The first kappa shape index (κ1) is 12.4. The predicted octanol–water partition coefficient (Wildman–Crippen LogP) is 0.629. The van der Waals surface area contributed by atoms with Crippen molar-refractivity contribution in [2.24, 2.45) is 5.84 Å². The number of hydrogen-bond donors (Lipinski definition) is 2. The molecule has 2 rings (SSSR count). The van der Waals surface area contributed by atoms with Crippen LogP contribution in [0.1, 0.15) is 10.4 Å². The maximum absolute atomic E-state index is 11.2. The minimum absolute atomic E-state index is 0.270. The van der Waals surface area contributed by atoms with E-state index in [1.165, 1.54) is 0 Å². The van der Waals surface area contributed by atoms with Crippen molar-refractivity contribution >= 4 is 17.9 Å². The lowest BCUT2D eigenvalue weighted by Gasteiger charge is -2.25. The van der Waals surface area contributed by atoms with Gasteiger partial charge in [0.15, 0.2) is 0 Å². The Labute approximate surface area is 104 Å². The van der Waals surface area contributed by atoms with Gasteiger partial charge in [0, 0.05) is 23.5 Å². The van der Waals surface area contributed by atoms with Crippen molar-refractivity contribution in [3.05, 3.63) is 29.8 Å². The molecule has 0 bridgehead atoms. The summed E-state index contributed by atoms with van der Waals surface area (Å²) in [5.74, 6) is 4.79. The third-order valence-electron chi connectivity index (χ3n) is 2.45. The molecule has 1 fully saturated rings. The van der Waals surface area contributed by atoms with E-state index in [4.69, 9.17) is 10.6 Å². The van der Waals surface area contributed by atoms with Crippen LogP contribution >= 0.6 is 11.9 Å². The lowest BCUT2D eigenvalue weighted by Crippen LogP contribution is -2.31. The van der Waals surface area contributed by atoms with Gasteiger partial charge in [-0.05, 0) is 36.2 Å². The van der Waals surface area contributed by atoms with Gasteiger partial charge in [-0.15, -0.1) is 0 Å². The minimum Gasteiger partial charge on any atom is -0.379 e. The summed E-state index contributed by atoms with van der Waals surface area (Å²) >= 11 is 1.68. The highest BCUT2D eigenvalue weighted by molar-refractivity contribution is 7.97. The standard InChI is InChI=1S/C11H15N3O2S/c12-13-11(15)9-1-3-10(4-2-9)17-14-5-7-16-8-6-14/h1-4H,5-8,12H2,(H,13,15). The molecule has 0 spiro atoms. The van der Waals surface area contributed by atoms with Gasteiger partial charge in [-0.1, -0.05) is 0 Å². The fraction of sp³-hybridized carbons (Fsp3) is 0.364. The Morgan fingerprint density at radius 3 is 2.53 bits per heavy atom. The Morgan fingerprint density at radius 2 is 1.94 bits per heavy atom. The molecular formula is C11H15N3O2S. The van der Waals surface area contributed by atoms with Crippen LogP contribution in [0.5, 0.6) is 0 Å². The lowest BCUT2D eigenvalue weighted by atomic mass is 10.2. The second-order valence-corrected chi connectivity index (χ2v) is 4.80. The van der Waals surface area contributed by atoms with Gasteiger partial charge in [0.1, 0.15) is 0 Å². The summed E-state index contributed by atoms with van der Waals surface area (Å²) in [6.45, 7) is 3.41. The number of hydrogen-bond acceptors (Lipinski definition) is 5. The average Bonchev–Trinajstić information content (AvgIpc) is 2.40. The highest BCUT2D eigenvalue weighted by atomic mass is 32.2. The van der Waals surface area contributed by atoms with Crippen LogP contribution in [0.15, 0.2) is 29.2 Å². The summed E-state index contributed by atoms with van der Waals surface area (Å²) in [6.07, 6.45) is 0. The molecule has 6 heteroatoms. The van der Waals surface area contributed by atoms with Crippen molar-refractivity contribution in [1.29, 1.82) is 0 Å². The Morgan fingerprint density at radius 1 is 1.29 bits per heavy atom. The van der Waals surface area contributed by atoms with Crippen LogP contribution in [-0.2, 0) is 4.74 Å². The number of carbonyl (C=O) groups excluding carboxylic acids is 1. The molecule has 0 saturated carbocycles. The van der Waals surface area contributed by atoms with Gasteiger partial charge in [0.2, 0.25) is 0 Å². The molecule has 92 valence electrons. The summed E-state index contributed by atoms with van der Waals surface area (Å²) in [6, 6.07) is 7.38. The van der Waals surface area contributed by atoms with Crippen LogP contribution < -0.4 is 11.3 Å². The van der Waals surface area contributed by atoms with Crippen molar-refractivity contribution in [3.63, 3.8) is 0 Å². The Balaban J connectivity index is 1.95. The third kappa shape index (κ3) is 3.44. The number of amides is 1. The fourth-order valence-electron chi connectivity index (χ4n) is 1.54. The molecule has 0 unspecified atom stereocenters. The number of nitrogens with one attached hydrogen (secondary N) is 1. The largest absolute Gasteiger partial charge is 0.379 e. The van der Waals surface area contributed by atoms with E-state index in [1.54, 1.807) is 24.1 Å². The monoisotopic (exact) mass is 253 g/mol. The van der Waals surface area contributed by atoms with E-state index in [9.17, 15) is 4.79 Å². The van der Waals surface area contributed by atoms with Crippen LogP contribution in [-0.4, -0.2) is 36.5 Å². The number of rotatable bonds is 3. The van der Waals surface area contributed by atoms with E-state index in [0.717, 1.165) is 31.2 Å². The third-order valence-corrected chi connectivity index (χ3v) is 3.56. The maximum atomic E-state index is 11.2. The zero-order chi connectivity index (χ0) is 12.1.